The maximum Gasteiger partial charge on any atom is 0.238 e. The van der Waals surface area contributed by atoms with Gasteiger partial charge < -0.3 is 5.32 Å². The number of amides is 1. The summed E-state index contributed by atoms with van der Waals surface area (Å²) < 4.78 is 0. The quantitative estimate of drug-likeness (QED) is 0.868. The summed E-state index contributed by atoms with van der Waals surface area (Å²) in [5.74, 6) is 0.949. The molecule has 0 heterocycles. The fourth-order valence-corrected chi connectivity index (χ4v) is 3.22. The molecule has 114 valence electrons. The number of carbonyl (C=O) groups is 1. The molecule has 0 bridgehead atoms. The molecule has 0 saturated heterocycles. The SMILES string of the molecule is Cc1cccc(C)c1NC(=O)CN(C1CC1)C(C)C1CC1. The van der Waals surface area contributed by atoms with Gasteiger partial charge in [-0.15, -0.1) is 0 Å². The Morgan fingerprint density at radius 3 is 2.38 bits per heavy atom. The van der Waals surface area contributed by atoms with E-state index in [2.05, 4.69) is 17.1 Å². The predicted molar refractivity (Wildman–Crippen MR) is 86.5 cm³/mol. The van der Waals surface area contributed by atoms with Crippen LogP contribution >= 0.6 is 0 Å². The van der Waals surface area contributed by atoms with Gasteiger partial charge in [-0.05, 0) is 63.5 Å². The highest BCUT2D eigenvalue weighted by Gasteiger charge is 2.39. The van der Waals surface area contributed by atoms with Gasteiger partial charge in [-0.2, -0.15) is 0 Å². The van der Waals surface area contributed by atoms with E-state index in [1.54, 1.807) is 0 Å². The van der Waals surface area contributed by atoms with E-state index < -0.39 is 0 Å². The molecule has 0 spiro atoms. The highest BCUT2D eigenvalue weighted by atomic mass is 16.2. The second-order valence-corrected chi connectivity index (χ2v) is 6.80. The minimum Gasteiger partial charge on any atom is -0.324 e. The lowest BCUT2D eigenvalue weighted by molar-refractivity contribution is -0.118. The predicted octanol–water partition coefficient (Wildman–Crippen LogP) is 3.50. The Kier molecular flexibility index (Phi) is 4.03. The van der Waals surface area contributed by atoms with E-state index in [-0.39, 0.29) is 5.91 Å². The minimum atomic E-state index is 0.131. The highest BCUT2D eigenvalue weighted by molar-refractivity contribution is 5.93. The lowest BCUT2D eigenvalue weighted by Crippen LogP contribution is -2.42. The molecule has 3 rings (SSSR count). The molecule has 0 aromatic heterocycles. The van der Waals surface area contributed by atoms with Crippen molar-refractivity contribution in [2.75, 3.05) is 11.9 Å². The molecule has 1 atom stereocenters. The van der Waals surface area contributed by atoms with Crippen LogP contribution in [0.25, 0.3) is 0 Å². The molecule has 3 nitrogen and oxygen atoms in total. The number of benzene rings is 1. The summed E-state index contributed by atoms with van der Waals surface area (Å²) in [5.41, 5.74) is 3.26. The zero-order valence-electron chi connectivity index (χ0n) is 13.4. The molecule has 1 aromatic carbocycles. The van der Waals surface area contributed by atoms with E-state index in [0.717, 1.165) is 22.7 Å². The lowest BCUT2D eigenvalue weighted by Gasteiger charge is -2.28. The van der Waals surface area contributed by atoms with E-state index in [1.807, 2.05) is 32.0 Å². The maximum atomic E-state index is 12.5. The third-order valence-corrected chi connectivity index (χ3v) is 4.91. The van der Waals surface area contributed by atoms with Crippen molar-refractivity contribution in [2.45, 2.75) is 58.5 Å². The Morgan fingerprint density at radius 2 is 1.86 bits per heavy atom. The zero-order valence-corrected chi connectivity index (χ0v) is 13.4. The smallest absolute Gasteiger partial charge is 0.238 e. The largest absolute Gasteiger partial charge is 0.324 e. The number of anilines is 1. The van der Waals surface area contributed by atoms with Crippen LogP contribution in [-0.4, -0.2) is 29.4 Å². The number of hydrogen-bond acceptors (Lipinski definition) is 2. The Bertz CT molecular complexity index is 512. The summed E-state index contributed by atoms with van der Waals surface area (Å²) in [6, 6.07) is 7.33. The number of aryl methyl sites for hydroxylation is 2. The van der Waals surface area contributed by atoms with E-state index in [9.17, 15) is 4.79 Å². The summed E-state index contributed by atoms with van der Waals surface area (Å²) in [7, 11) is 0. The van der Waals surface area contributed by atoms with Crippen LogP contribution < -0.4 is 5.32 Å². The standard InChI is InChI=1S/C18H26N2O/c1-12-5-4-6-13(2)18(12)19-17(21)11-20(16-9-10-16)14(3)15-7-8-15/h4-6,14-16H,7-11H2,1-3H3,(H,19,21). The monoisotopic (exact) mass is 286 g/mol. The molecular formula is C18H26N2O. The van der Waals surface area contributed by atoms with Crippen LogP contribution in [0, 0.1) is 19.8 Å². The minimum absolute atomic E-state index is 0.131. The summed E-state index contributed by atoms with van der Waals surface area (Å²) in [4.78, 5) is 14.9. The van der Waals surface area contributed by atoms with Gasteiger partial charge in [0, 0.05) is 17.8 Å². The third kappa shape index (κ3) is 3.46. The molecular weight excluding hydrogens is 260 g/mol. The molecule has 2 saturated carbocycles. The van der Waals surface area contributed by atoms with Crippen LogP contribution in [-0.2, 0) is 4.79 Å². The van der Waals surface area contributed by atoms with Gasteiger partial charge in [0.2, 0.25) is 5.91 Å². The van der Waals surface area contributed by atoms with Gasteiger partial charge in [0.25, 0.3) is 0 Å². The molecule has 1 aromatic rings. The van der Waals surface area contributed by atoms with Crippen molar-refractivity contribution in [2.24, 2.45) is 5.92 Å². The first-order chi connectivity index (χ1) is 10.1. The summed E-state index contributed by atoms with van der Waals surface area (Å²) in [6.07, 6.45) is 5.19. The number of nitrogens with zero attached hydrogens (tertiary/aromatic N) is 1. The van der Waals surface area contributed by atoms with Crippen molar-refractivity contribution in [3.8, 4) is 0 Å². The molecule has 0 radical (unpaired) electrons. The first-order valence-corrected chi connectivity index (χ1v) is 8.18. The molecule has 1 N–H and O–H groups in total. The van der Waals surface area contributed by atoms with Crippen LogP contribution in [0.1, 0.15) is 43.7 Å². The van der Waals surface area contributed by atoms with Crippen molar-refractivity contribution in [1.82, 2.24) is 4.90 Å². The molecule has 2 aliphatic carbocycles. The zero-order chi connectivity index (χ0) is 15.0. The van der Waals surface area contributed by atoms with Crippen molar-refractivity contribution in [3.63, 3.8) is 0 Å². The number of rotatable bonds is 6. The molecule has 3 heteroatoms. The Labute approximate surface area is 127 Å². The molecule has 0 aliphatic heterocycles. The number of hydrogen-bond donors (Lipinski definition) is 1. The second-order valence-electron chi connectivity index (χ2n) is 6.80. The Morgan fingerprint density at radius 1 is 1.24 bits per heavy atom. The van der Waals surface area contributed by atoms with Crippen LogP contribution in [0.3, 0.4) is 0 Å². The third-order valence-electron chi connectivity index (χ3n) is 4.91. The summed E-state index contributed by atoms with van der Waals surface area (Å²) in [6.45, 7) is 6.93. The van der Waals surface area contributed by atoms with Gasteiger partial charge in [-0.25, -0.2) is 0 Å². The number of para-hydroxylation sites is 1. The van der Waals surface area contributed by atoms with E-state index in [1.165, 1.54) is 25.7 Å². The fraction of sp³-hybridized carbons (Fsp3) is 0.611. The molecule has 21 heavy (non-hydrogen) atoms. The first kappa shape index (κ1) is 14.6. The van der Waals surface area contributed by atoms with Gasteiger partial charge >= 0.3 is 0 Å². The summed E-state index contributed by atoms with van der Waals surface area (Å²) >= 11 is 0. The normalized spacial score (nSPS) is 19.6. The van der Waals surface area contributed by atoms with Crippen molar-refractivity contribution in [3.05, 3.63) is 29.3 Å². The van der Waals surface area contributed by atoms with Crippen LogP contribution in [0.4, 0.5) is 5.69 Å². The number of nitrogens with one attached hydrogen (secondary N) is 1. The van der Waals surface area contributed by atoms with E-state index >= 15 is 0 Å². The van der Waals surface area contributed by atoms with Gasteiger partial charge in [-0.3, -0.25) is 9.69 Å². The summed E-state index contributed by atoms with van der Waals surface area (Å²) in [5, 5.41) is 3.13. The molecule has 2 aliphatic rings. The second kappa shape index (κ2) is 5.80. The molecule has 1 amide bonds. The van der Waals surface area contributed by atoms with Gasteiger partial charge in [0.05, 0.1) is 6.54 Å². The van der Waals surface area contributed by atoms with Crippen LogP contribution in [0.15, 0.2) is 18.2 Å². The highest BCUT2D eigenvalue weighted by Crippen LogP contribution is 2.39. The van der Waals surface area contributed by atoms with E-state index in [4.69, 9.17) is 0 Å². The molecule has 1 unspecified atom stereocenters. The average molecular weight is 286 g/mol. The van der Waals surface area contributed by atoms with Crippen molar-refractivity contribution >= 4 is 11.6 Å². The Hall–Kier alpha value is -1.35. The fourth-order valence-electron chi connectivity index (χ4n) is 3.22. The van der Waals surface area contributed by atoms with E-state index in [0.29, 0.717) is 18.6 Å². The van der Waals surface area contributed by atoms with Gasteiger partial charge in [0.1, 0.15) is 0 Å². The van der Waals surface area contributed by atoms with Gasteiger partial charge in [-0.1, -0.05) is 18.2 Å². The molecule has 2 fully saturated rings. The maximum absolute atomic E-state index is 12.5. The topological polar surface area (TPSA) is 32.3 Å². The van der Waals surface area contributed by atoms with Crippen molar-refractivity contribution < 1.29 is 4.79 Å². The van der Waals surface area contributed by atoms with Crippen LogP contribution in [0.5, 0.6) is 0 Å². The van der Waals surface area contributed by atoms with Gasteiger partial charge in [0.15, 0.2) is 0 Å². The Balaban J connectivity index is 1.64. The number of carbonyl (C=O) groups excluding carboxylic acids is 1. The lowest BCUT2D eigenvalue weighted by atomic mass is 10.1. The average Bonchev–Trinajstić information content (AvgIpc) is 3.30. The van der Waals surface area contributed by atoms with Crippen LogP contribution in [0.2, 0.25) is 0 Å². The van der Waals surface area contributed by atoms with Crippen molar-refractivity contribution in [1.29, 1.82) is 0 Å². The first-order valence-electron chi connectivity index (χ1n) is 8.18.